The van der Waals surface area contributed by atoms with Gasteiger partial charge < -0.3 is 0 Å². The van der Waals surface area contributed by atoms with Crippen molar-refractivity contribution in [3.63, 3.8) is 0 Å². The van der Waals surface area contributed by atoms with Crippen LogP contribution in [0.5, 0.6) is 0 Å². The minimum atomic E-state index is -0.368. The lowest BCUT2D eigenvalue weighted by molar-refractivity contribution is 0.628. The monoisotopic (exact) mass is 269 g/mol. The molecule has 0 saturated heterocycles. The maximum absolute atomic E-state index is 12.1. The molecule has 1 heterocycles. The SMILES string of the molecule is [C-]#[N+]c1ccc(C)cc1Cn1c(C)cc(=O)n(C)c1=O. The number of rotatable bonds is 2. The predicted octanol–water partition coefficient (Wildman–Crippen LogP) is 1.76. The minimum Gasteiger partial charge on any atom is -0.295 e. The lowest BCUT2D eigenvalue weighted by atomic mass is 10.1. The molecular formula is C15H15N3O2. The molecule has 5 nitrogen and oxygen atoms in total. The van der Waals surface area contributed by atoms with Crippen LogP contribution in [-0.2, 0) is 13.6 Å². The summed E-state index contributed by atoms with van der Waals surface area (Å²) in [5.74, 6) is 0. The van der Waals surface area contributed by atoms with Crippen LogP contribution >= 0.6 is 0 Å². The zero-order valence-electron chi connectivity index (χ0n) is 11.7. The summed E-state index contributed by atoms with van der Waals surface area (Å²) in [5, 5.41) is 0. The van der Waals surface area contributed by atoms with Crippen LogP contribution in [0.1, 0.15) is 16.8 Å². The van der Waals surface area contributed by atoms with E-state index < -0.39 is 0 Å². The zero-order chi connectivity index (χ0) is 14.9. The molecule has 0 spiro atoms. The summed E-state index contributed by atoms with van der Waals surface area (Å²) >= 11 is 0. The third kappa shape index (κ3) is 2.41. The van der Waals surface area contributed by atoms with Gasteiger partial charge in [-0.3, -0.25) is 13.9 Å². The zero-order valence-corrected chi connectivity index (χ0v) is 11.7. The van der Waals surface area contributed by atoms with E-state index in [1.165, 1.54) is 17.7 Å². The molecule has 0 aliphatic carbocycles. The molecule has 0 N–H and O–H groups in total. The fraction of sp³-hybridized carbons (Fsp3) is 0.267. The molecule has 102 valence electrons. The molecule has 1 aromatic heterocycles. The molecule has 1 aromatic carbocycles. The number of hydrogen-bond donors (Lipinski definition) is 0. The van der Waals surface area contributed by atoms with E-state index in [0.717, 1.165) is 15.7 Å². The topological polar surface area (TPSA) is 48.4 Å². The van der Waals surface area contributed by atoms with Crippen molar-refractivity contribution >= 4 is 5.69 Å². The Labute approximate surface area is 116 Å². The van der Waals surface area contributed by atoms with E-state index in [1.807, 2.05) is 19.1 Å². The minimum absolute atomic E-state index is 0.290. The van der Waals surface area contributed by atoms with Gasteiger partial charge in [-0.25, -0.2) is 9.64 Å². The van der Waals surface area contributed by atoms with E-state index >= 15 is 0 Å². The second-order valence-electron chi connectivity index (χ2n) is 4.80. The van der Waals surface area contributed by atoms with Gasteiger partial charge in [-0.05, 0) is 19.4 Å². The van der Waals surface area contributed by atoms with Gasteiger partial charge in [0.05, 0.1) is 6.57 Å². The Kier molecular flexibility index (Phi) is 3.57. The van der Waals surface area contributed by atoms with Crippen molar-refractivity contribution in [2.75, 3.05) is 0 Å². The molecule has 2 rings (SSSR count). The van der Waals surface area contributed by atoms with Crippen molar-refractivity contribution < 1.29 is 0 Å². The van der Waals surface area contributed by atoms with Crippen LogP contribution in [0.15, 0.2) is 33.9 Å². The Balaban J connectivity index is 2.60. The van der Waals surface area contributed by atoms with Crippen LogP contribution in [0.4, 0.5) is 5.69 Å². The third-order valence-corrected chi connectivity index (χ3v) is 3.29. The molecule has 0 unspecified atom stereocenters. The second-order valence-corrected chi connectivity index (χ2v) is 4.80. The second kappa shape index (κ2) is 5.17. The number of hydrogen-bond acceptors (Lipinski definition) is 2. The van der Waals surface area contributed by atoms with Gasteiger partial charge in [0.1, 0.15) is 0 Å². The largest absolute Gasteiger partial charge is 0.331 e. The van der Waals surface area contributed by atoms with E-state index in [2.05, 4.69) is 4.85 Å². The van der Waals surface area contributed by atoms with Gasteiger partial charge in [0.2, 0.25) is 0 Å². The van der Waals surface area contributed by atoms with Crippen molar-refractivity contribution in [3.05, 3.63) is 73.3 Å². The summed E-state index contributed by atoms with van der Waals surface area (Å²) in [6, 6.07) is 6.94. The highest BCUT2D eigenvalue weighted by Crippen LogP contribution is 2.21. The maximum atomic E-state index is 12.1. The summed E-state index contributed by atoms with van der Waals surface area (Å²) in [7, 11) is 1.45. The maximum Gasteiger partial charge on any atom is 0.331 e. The average molecular weight is 269 g/mol. The number of aromatic nitrogens is 2. The number of benzene rings is 1. The van der Waals surface area contributed by atoms with Crippen molar-refractivity contribution in [2.24, 2.45) is 7.05 Å². The van der Waals surface area contributed by atoms with E-state index in [0.29, 0.717) is 11.4 Å². The van der Waals surface area contributed by atoms with Gasteiger partial charge in [0.25, 0.3) is 5.56 Å². The molecule has 0 bridgehead atoms. The first kappa shape index (κ1) is 13.8. The normalized spacial score (nSPS) is 10.3. The summed E-state index contributed by atoms with van der Waals surface area (Å²) in [6.45, 7) is 11.1. The fourth-order valence-electron chi connectivity index (χ4n) is 2.09. The van der Waals surface area contributed by atoms with Crippen LogP contribution < -0.4 is 11.2 Å². The average Bonchev–Trinajstić information content (AvgIpc) is 2.41. The first-order valence-electron chi connectivity index (χ1n) is 6.18. The van der Waals surface area contributed by atoms with E-state index in [1.54, 1.807) is 13.0 Å². The summed E-state index contributed by atoms with van der Waals surface area (Å²) in [5.41, 5.74) is 2.24. The fourth-order valence-corrected chi connectivity index (χ4v) is 2.09. The molecular weight excluding hydrogens is 254 g/mol. The van der Waals surface area contributed by atoms with E-state index in [9.17, 15) is 9.59 Å². The molecule has 0 aliphatic rings. The highest BCUT2D eigenvalue weighted by molar-refractivity contribution is 5.53. The molecule has 0 aliphatic heterocycles. The molecule has 0 atom stereocenters. The van der Waals surface area contributed by atoms with Crippen molar-refractivity contribution in [3.8, 4) is 0 Å². The summed E-state index contributed by atoms with van der Waals surface area (Å²) in [6.07, 6.45) is 0. The molecule has 20 heavy (non-hydrogen) atoms. The number of aryl methyl sites for hydroxylation is 2. The summed E-state index contributed by atoms with van der Waals surface area (Å²) < 4.78 is 2.57. The first-order chi connectivity index (χ1) is 9.43. The third-order valence-electron chi connectivity index (χ3n) is 3.29. The van der Waals surface area contributed by atoms with Crippen LogP contribution in [-0.4, -0.2) is 9.13 Å². The van der Waals surface area contributed by atoms with Gasteiger partial charge in [-0.2, -0.15) is 0 Å². The van der Waals surface area contributed by atoms with Crippen molar-refractivity contribution in [2.45, 2.75) is 20.4 Å². The van der Waals surface area contributed by atoms with Crippen LogP contribution in [0.2, 0.25) is 0 Å². The Morgan fingerprint density at radius 2 is 1.90 bits per heavy atom. The van der Waals surface area contributed by atoms with Crippen LogP contribution in [0, 0.1) is 20.4 Å². The number of nitrogens with zero attached hydrogens (tertiary/aromatic N) is 3. The van der Waals surface area contributed by atoms with E-state index in [4.69, 9.17) is 6.57 Å². The van der Waals surface area contributed by atoms with Gasteiger partial charge in [-0.1, -0.05) is 23.8 Å². The van der Waals surface area contributed by atoms with Crippen LogP contribution in [0.3, 0.4) is 0 Å². The Morgan fingerprint density at radius 3 is 2.55 bits per heavy atom. The summed E-state index contributed by atoms with van der Waals surface area (Å²) in [4.78, 5) is 27.2. The highest BCUT2D eigenvalue weighted by atomic mass is 16.2. The van der Waals surface area contributed by atoms with E-state index in [-0.39, 0.29) is 17.8 Å². The molecule has 0 fully saturated rings. The Hall–Kier alpha value is -2.61. The molecule has 2 aromatic rings. The molecule has 5 heteroatoms. The molecule has 0 saturated carbocycles. The van der Waals surface area contributed by atoms with Crippen molar-refractivity contribution in [1.82, 2.24) is 9.13 Å². The van der Waals surface area contributed by atoms with Crippen molar-refractivity contribution in [1.29, 1.82) is 0 Å². The van der Waals surface area contributed by atoms with Gasteiger partial charge in [0, 0.05) is 25.4 Å². The molecule has 0 amide bonds. The van der Waals surface area contributed by atoms with Gasteiger partial charge >= 0.3 is 5.69 Å². The predicted molar refractivity (Wildman–Crippen MR) is 77.2 cm³/mol. The quantitative estimate of drug-likeness (QED) is 0.780. The Bertz CT molecular complexity index is 822. The highest BCUT2D eigenvalue weighted by Gasteiger charge is 2.09. The smallest absolute Gasteiger partial charge is 0.295 e. The van der Waals surface area contributed by atoms with Gasteiger partial charge in [-0.15, -0.1) is 0 Å². The lowest BCUT2D eigenvalue weighted by Gasteiger charge is -2.12. The standard InChI is InChI=1S/C15H15N3O2/c1-10-5-6-13(16-3)12(7-10)9-18-11(2)8-14(19)17(4)15(18)20/h5-8H,9H2,1-2,4H3. The van der Waals surface area contributed by atoms with Crippen LogP contribution in [0.25, 0.3) is 4.85 Å². The lowest BCUT2D eigenvalue weighted by Crippen LogP contribution is -2.38. The molecule has 0 radical (unpaired) electrons. The first-order valence-corrected chi connectivity index (χ1v) is 6.18. The van der Waals surface area contributed by atoms with Gasteiger partial charge in [0.15, 0.2) is 5.69 Å². The Morgan fingerprint density at radius 1 is 1.20 bits per heavy atom.